The second-order valence-electron chi connectivity index (χ2n) is 8.80. The van der Waals surface area contributed by atoms with E-state index in [0.29, 0.717) is 76.5 Å². The number of benzene rings is 2. The minimum atomic E-state index is -0.607. The van der Waals surface area contributed by atoms with Crippen molar-refractivity contribution >= 4 is 29.7 Å². The largest absolute Gasteiger partial charge is 0.502 e. The number of nitro benzene ring substituents is 1. The van der Waals surface area contributed by atoms with Gasteiger partial charge < -0.3 is 24.4 Å². The summed E-state index contributed by atoms with van der Waals surface area (Å²) in [5, 5.41) is 26.3. The summed E-state index contributed by atoms with van der Waals surface area (Å²) in [6.45, 7) is 4.94. The predicted molar refractivity (Wildman–Crippen MR) is 141 cm³/mol. The molecule has 2 aliphatic rings. The zero-order valence-electron chi connectivity index (χ0n) is 20.7. The van der Waals surface area contributed by atoms with Gasteiger partial charge in [0.2, 0.25) is 23.6 Å². The normalized spacial score (nSPS) is 16.1. The van der Waals surface area contributed by atoms with Crippen LogP contribution in [-0.2, 0) is 15.9 Å². The van der Waals surface area contributed by atoms with Gasteiger partial charge in [-0.2, -0.15) is 20.1 Å². The number of nitrogens with zero attached hydrogens (tertiary/aromatic N) is 7. The number of ether oxygens (including phenoxy) is 2. The average Bonchev–Trinajstić information content (AvgIpc) is 2.96. The first-order chi connectivity index (χ1) is 18.6. The minimum Gasteiger partial charge on any atom is -0.502 e. The molecular weight excluding hydrogens is 492 g/mol. The highest BCUT2D eigenvalue weighted by Crippen LogP contribution is 2.31. The van der Waals surface area contributed by atoms with E-state index in [1.54, 1.807) is 6.07 Å². The van der Waals surface area contributed by atoms with Crippen molar-refractivity contribution in [3.63, 3.8) is 0 Å². The van der Waals surface area contributed by atoms with Crippen molar-refractivity contribution in [3.05, 3.63) is 69.3 Å². The maximum absolute atomic E-state index is 11.6. The van der Waals surface area contributed by atoms with Gasteiger partial charge in [-0.25, -0.2) is 5.43 Å². The number of hydrogen-bond acceptors (Lipinski definition) is 12. The second kappa shape index (κ2) is 11.8. The van der Waals surface area contributed by atoms with Gasteiger partial charge in [0.15, 0.2) is 0 Å². The Morgan fingerprint density at radius 2 is 1.55 bits per heavy atom. The van der Waals surface area contributed by atoms with E-state index in [4.69, 9.17) is 9.47 Å². The number of phenols is 1. The molecule has 2 saturated heterocycles. The Labute approximate surface area is 218 Å². The van der Waals surface area contributed by atoms with Gasteiger partial charge in [-0.05, 0) is 23.6 Å². The van der Waals surface area contributed by atoms with E-state index < -0.39 is 10.7 Å². The fourth-order valence-electron chi connectivity index (χ4n) is 4.25. The third-order valence-electron chi connectivity index (χ3n) is 6.19. The van der Waals surface area contributed by atoms with E-state index in [1.165, 1.54) is 12.3 Å². The average molecular weight is 521 g/mol. The van der Waals surface area contributed by atoms with Crippen molar-refractivity contribution < 1.29 is 19.5 Å². The maximum Gasteiger partial charge on any atom is 0.311 e. The third kappa shape index (κ3) is 6.12. The first-order valence-electron chi connectivity index (χ1n) is 12.3. The number of aromatic nitrogens is 3. The lowest BCUT2D eigenvalue weighted by atomic mass is 10.0. The molecule has 0 amide bonds. The van der Waals surface area contributed by atoms with Gasteiger partial charge in [-0.3, -0.25) is 10.1 Å². The number of aromatic hydroxyl groups is 1. The molecule has 198 valence electrons. The molecule has 5 rings (SSSR count). The molecule has 13 heteroatoms. The molecule has 13 nitrogen and oxygen atoms in total. The first kappa shape index (κ1) is 25.3. The highest BCUT2D eigenvalue weighted by Gasteiger charge is 2.21. The van der Waals surface area contributed by atoms with E-state index in [0.717, 1.165) is 5.56 Å². The summed E-state index contributed by atoms with van der Waals surface area (Å²) in [6.07, 6.45) is 1.79. The second-order valence-corrected chi connectivity index (χ2v) is 8.80. The number of anilines is 3. The summed E-state index contributed by atoms with van der Waals surface area (Å²) in [6, 6.07) is 12.6. The van der Waals surface area contributed by atoms with Gasteiger partial charge >= 0.3 is 5.69 Å². The molecule has 2 aliphatic heterocycles. The van der Waals surface area contributed by atoms with Crippen LogP contribution in [0, 0.1) is 10.1 Å². The van der Waals surface area contributed by atoms with Gasteiger partial charge in [0.25, 0.3) is 0 Å². The Kier molecular flexibility index (Phi) is 7.85. The van der Waals surface area contributed by atoms with Crippen LogP contribution in [0.5, 0.6) is 5.75 Å². The summed E-state index contributed by atoms with van der Waals surface area (Å²) in [5.74, 6) is 0.765. The molecule has 0 radical (unpaired) electrons. The lowest BCUT2D eigenvalue weighted by Crippen LogP contribution is -2.40. The molecule has 2 aromatic carbocycles. The smallest absolute Gasteiger partial charge is 0.311 e. The fourth-order valence-corrected chi connectivity index (χ4v) is 4.25. The summed E-state index contributed by atoms with van der Waals surface area (Å²) < 4.78 is 10.9. The number of hydrazone groups is 1. The van der Waals surface area contributed by atoms with Gasteiger partial charge in [-0.1, -0.05) is 30.3 Å². The molecule has 3 aromatic rings. The summed E-state index contributed by atoms with van der Waals surface area (Å²) in [4.78, 5) is 28.7. The summed E-state index contributed by atoms with van der Waals surface area (Å²) >= 11 is 0. The molecule has 2 N–H and O–H groups in total. The Bertz CT molecular complexity index is 1260. The van der Waals surface area contributed by atoms with E-state index in [9.17, 15) is 15.2 Å². The standard InChI is InChI=1S/C25H28N8O5/c34-22-20(15-19(16-21(22)33(35)36)14-18-4-2-1-3-5-18)17-26-30-23-27-24(31-6-10-37-11-7-31)29-25(28-23)32-8-12-38-13-9-32/h1-5,15-17,34H,6-14H2,(H,27,28,29,30)/b26-17-. The van der Waals surface area contributed by atoms with E-state index in [2.05, 4.69) is 25.5 Å². The minimum absolute atomic E-state index is 0.202. The van der Waals surface area contributed by atoms with Crippen LogP contribution in [0.2, 0.25) is 0 Å². The molecule has 0 unspecified atom stereocenters. The Morgan fingerprint density at radius 3 is 2.13 bits per heavy atom. The van der Waals surface area contributed by atoms with Crippen LogP contribution in [0.25, 0.3) is 0 Å². The molecule has 0 saturated carbocycles. The van der Waals surface area contributed by atoms with Gasteiger partial charge in [0, 0.05) is 37.8 Å². The van der Waals surface area contributed by atoms with Gasteiger partial charge in [-0.15, -0.1) is 0 Å². The highest BCUT2D eigenvalue weighted by molar-refractivity contribution is 5.86. The SMILES string of the molecule is O=[N+]([O-])c1cc(Cc2ccccc2)cc(/C=N\Nc2nc(N3CCOCC3)nc(N3CCOCC3)n2)c1O. The molecule has 3 heterocycles. The van der Waals surface area contributed by atoms with Crippen LogP contribution in [0.3, 0.4) is 0 Å². The third-order valence-corrected chi connectivity index (χ3v) is 6.19. The molecule has 0 bridgehead atoms. The summed E-state index contributed by atoms with van der Waals surface area (Å²) in [5.41, 5.74) is 4.29. The Morgan fingerprint density at radius 1 is 0.947 bits per heavy atom. The van der Waals surface area contributed by atoms with Crippen LogP contribution in [0.1, 0.15) is 16.7 Å². The highest BCUT2D eigenvalue weighted by atomic mass is 16.6. The molecular formula is C25H28N8O5. The summed E-state index contributed by atoms with van der Waals surface area (Å²) in [7, 11) is 0. The fraction of sp³-hybridized carbons (Fsp3) is 0.360. The number of nitrogens with one attached hydrogen (secondary N) is 1. The zero-order chi connectivity index (χ0) is 26.3. The van der Waals surface area contributed by atoms with Crippen molar-refractivity contribution in [3.8, 4) is 5.75 Å². The van der Waals surface area contributed by atoms with E-state index in [-0.39, 0.29) is 17.2 Å². The molecule has 0 spiro atoms. The van der Waals surface area contributed by atoms with Crippen molar-refractivity contribution in [1.29, 1.82) is 0 Å². The number of morpholine rings is 2. The maximum atomic E-state index is 11.6. The number of phenolic OH excluding ortho intramolecular Hbond substituents is 1. The molecule has 38 heavy (non-hydrogen) atoms. The van der Waals surface area contributed by atoms with Gasteiger partial charge in [0.05, 0.1) is 37.6 Å². The number of rotatable bonds is 8. The number of nitro groups is 1. The molecule has 2 fully saturated rings. The van der Waals surface area contributed by atoms with Crippen molar-refractivity contribution in [2.75, 3.05) is 67.8 Å². The van der Waals surface area contributed by atoms with Crippen molar-refractivity contribution in [2.24, 2.45) is 5.10 Å². The van der Waals surface area contributed by atoms with Crippen LogP contribution < -0.4 is 15.2 Å². The Hall–Kier alpha value is -4.36. The van der Waals surface area contributed by atoms with Crippen LogP contribution in [0.15, 0.2) is 47.6 Å². The molecule has 1 aromatic heterocycles. The van der Waals surface area contributed by atoms with Crippen LogP contribution in [0.4, 0.5) is 23.5 Å². The van der Waals surface area contributed by atoms with Crippen LogP contribution >= 0.6 is 0 Å². The quantitative estimate of drug-likeness (QED) is 0.255. The van der Waals surface area contributed by atoms with Crippen molar-refractivity contribution in [2.45, 2.75) is 6.42 Å². The zero-order valence-corrected chi connectivity index (χ0v) is 20.7. The molecule has 0 aliphatic carbocycles. The lowest BCUT2D eigenvalue weighted by Gasteiger charge is -2.30. The van der Waals surface area contributed by atoms with Crippen molar-refractivity contribution in [1.82, 2.24) is 15.0 Å². The van der Waals surface area contributed by atoms with E-state index >= 15 is 0 Å². The predicted octanol–water partition coefficient (Wildman–Crippen LogP) is 2.20. The first-order valence-corrected chi connectivity index (χ1v) is 12.3. The monoisotopic (exact) mass is 520 g/mol. The number of hydrogen-bond donors (Lipinski definition) is 2. The molecule has 0 atom stereocenters. The Balaban J connectivity index is 1.41. The van der Waals surface area contributed by atoms with Crippen LogP contribution in [-0.4, -0.2) is 83.8 Å². The van der Waals surface area contributed by atoms with E-state index in [1.807, 2.05) is 40.1 Å². The lowest BCUT2D eigenvalue weighted by molar-refractivity contribution is -0.385. The topological polar surface area (TPSA) is 151 Å². The van der Waals surface area contributed by atoms with Gasteiger partial charge in [0.1, 0.15) is 0 Å².